The van der Waals surface area contributed by atoms with Gasteiger partial charge in [-0.3, -0.25) is 4.79 Å². The fourth-order valence-corrected chi connectivity index (χ4v) is 1.05. The number of hydrogen-bond donors (Lipinski definition) is 2. The Balaban J connectivity index is 0. The van der Waals surface area contributed by atoms with E-state index in [2.05, 4.69) is 10.6 Å². The topological polar surface area (TPSA) is 41.1 Å². The molecule has 0 aliphatic heterocycles. The maximum absolute atomic E-state index is 11.1. The first-order valence-electron chi connectivity index (χ1n) is 4.33. The molecule has 0 aromatic heterocycles. The summed E-state index contributed by atoms with van der Waals surface area (Å²) in [5, 5.41) is 6.14. The van der Waals surface area contributed by atoms with Crippen molar-refractivity contribution in [1.29, 1.82) is 0 Å². The van der Waals surface area contributed by atoms with Crippen LogP contribution in [0.2, 0.25) is 0 Å². The molecule has 0 spiro atoms. The van der Waals surface area contributed by atoms with Crippen LogP contribution in [0.5, 0.6) is 0 Å². The third-order valence-corrected chi connectivity index (χ3v) is 1.52. The smallest absolute Gasteiger partial charge is 0.177 e. The van der Waals surface area contributed by atoms with Crippen molar-refractivity contribution in [1.82, 2.24) is 10.6 Å². The van der Waals surface area contributed by atoms with Crippen LogP contribution in [0, 0.1) is 0 Å². The van der Waals surface area contributed by atoms with E-state index in [-0.39, 0.29) is 30.2 Å². The number of ketones is 1. The zero-order valence-electron chi connectivity index (χ0n) is 8.77. The fraction of sp³-hybridized carbons (Fsp3) is 0.667. The van der Waals surface area contributed by atoms with E-state index in [9.17, 15) is 4.79 Å². The molecule has 4 heteroatoms. The van der Waals surface area contributed by atoms with Gasteiger partial charge >= 0.3 is 0 Å². The Morgan fingerprint density at radius 3 is 1.85 bits per heavy atom. The Labute approximate surface area is 97.8 Å². The van der Waals surface area contributed by atoms with Crippen LogP contribution < -0.4 is 10.6 Å². The average molecular weight is 292 g/mol. The van der Waals surface area contributed by atoms with Gasteiger partial charge in [-0.05, 0) is 20.8 Å². The first kappa shape index (κ1) is 15.3. The summed E-state index contributed by atoms with van der Waals surface area (Å²) in [6, 6.07) is 0. The van der Waals surface area contributed by atoms with Gasteiger partial charge in [0.05, 0.1) is 5.70 Å². The second kappa shape index (κ2) is 8.43. The Morgan fingerprint density at radius 2 is 1.54 bits per heavy atom. The number of hydrogen-bond acceptors (Lipinski definition) is 3. The van der Waals surface area contributed by atoms with Crippen molar-refractivity contribution >= 4 is 30.2 Å². The molecule has 0 atom stereocenters. The second-order valence-corrected chi connectivity index (χ2v) is 2.62. The summed E-state index contributed by atoms with van der Waals surface area (Å²) in [6.07, 6.45) is 0. The first-order chi connectivity index (χ1) is 5.63. The number of Topliss-reactive ketones (excluding diaryl/α,β-unsaturated/α-hetero) is 1. The van der Waals surface area contributed by atoms with Crippen molar-refractivity contribution in [2.45, 2.75) is 27.7 Å². The number of carbonyl (C=O) groups excluding carboxylic acids is 1. The summed E-state index contributed by atoms with van der Waals surface area (Å²) in [4.78, 5) is 11.1. The standard InChI is InChI=1S/C9H18N2O.Sb/c1-5-10-7(3)9(8(4)12)11-6-2;/h10-11H,5-6H2,1-4H3;. The fourth-order valence-electron chi connectivity index (χ4n) is 1.05. The molecule has 0 fully saturated rings. The van der Waals surface area contributed by atoms with E-state index in [4.69, 9.17) is 0 Å². The van der Waals surface area contributed by atoms with Gasteiger partial charge in [0.2, 0.25) is 0 Å². The van der Waals surface area contributed by atoms with Crippen molar-refractivity contribution in [3.63, 3.8) is 0 Å². The van der Waals surface area contributed by atoms with Gasteiger partial charge in [0.1, 0.15) is 0 Å². The van der Waals surface area contributed by atoms with Crippen LogP contribution >= 0.6 is 0 Å². The molecule has 75 valence electrons. The molecule has 0 bridgehead atoms. The van der Waals surface area contributed by atoms with Crippen LogP contribution in [-0.2, 0) is 4.79 Å². The minimum atomic E-state index is 0. The molecule has 0 unspecified atom stereocenters. The van der Waals surface area contributed by atoms with Gasteiger partial charge in [-0.15, -0.1) is 0 Å². The zero-order valence-corrected chi connectivity index (χ0v) is 11.3. The number of carbonyl (C=O) groups is 1. The average Bonchev–Trinajstić information content (AvgIpc) is 1.99. The van der Waals surface area contributed by atoms with Crippen LogP contribution in [0.15, 0.2) is 11.4 Å². The molecule has 0 aliphatic carbocycles. The monoisotopic (exact) mass is 291 g/mol. The van der Waals surface area contributed by atoms with E-state index in [1.54, 1.807) is 6.92 Å². The van der Waals surface area contributed by atoms with E-state index in [1.165, 1.54) is 0 Å². The normalized spacial score (nSPS) is 11.1. The summed E-state index contributed by atoms with van der Waals surface area (Å²) in [7, 11) is 0. The van der Waals surface area contributed by atoms with Gasteiger partial charge < -0.3 is 10.6 Å². The predicted octanol–water partition coefficient (Wildman–Crippen LogP) is 0.645. The molecular formula is C9H18N2OSb. The molecule has 0 amide bonds. The summed E-state index contributed by atoms with van der Waals surface area (Å²) < 4.78 is 0. The van der Waals surface area contributed by atoms with E-state index >= 15 is 0 Å². The minimum Gasteiger partial charge on any atom is -0.387 e. The molecule has 3 nitrogen and oxygen atoms in total. The van der Waals surface area contributed by atoms with Crippen molar-refractivity contribution in [2.24, 2.45) is 0 Å². The van der Waals surface area contributed by atoms with Gasteiger partial charge in [-0.2, -0.15) is 0 Å². The quantitative estimate of drug-likeness (QED) is 0.577. The molecular weight excluding hydrogens is 274 g/mol. The number of allylic oxidation sites excluding steroid dienone is 2. The third kappa shape index (κ3) is 5.97. The van der Waals surface area contributed by atoms with Gasteiger partial charge in [0, 0.05) is 50.1 Å². The molecule has 0 saturated carbocycles. The molecule has 0 heterocycles. The molecule has 0 aromatic rings. The van der Waals surface area contributed by atoms with Crippen molar-refractivity contribution < 1.29 is 4.79 Å². The second-order valence-electron chi connectivity index (χ2n) is 2.62. The summed E-state index contributed by atoms with van der Waals surface area (Å²) >= 11 is 0. The SMILES string of the molecule is CCNC(C)=C(NCC)C(C)=O.[Sb]. The Bertz CT molecular complexity index is 190. The maximum atomic E-state index is 11.1. The molecule has 0 rings (SSSR count). The minimum absolute atomic E-state index is 0. The van der Waals surface area contributed by atoms with E-state index in [1.807, 2.05) is 20.8 Å². The van der Waals surface area contributed by atoms with Crippen molar-refractivity contribution in [3.8, 4) is 0 Å². The largest absolute Gasteiger partial charge is 0.387 e. The summed E-state index contributed by atoms with van der Waals surface area (Å²) in [5.41, 5.74) is 1.62. The third-order valence-electron chi connectivity index (χ3n) is 1.52. The van der Waals surface area contributed by atoms with Crippen molar-refractivity contribution in [3.05, 3.63) is 11.4 Å². The van der Waals surface area contributed by atoms with Gasteiger partial charge in [-0.25, -0.2) is 0 Å². The van der Waals surface area contributed by atoms with Crippen LogP contribution in [0.25, 0.3) is 0 Å². The molecule has 0 aliphatic rings. The number of nitrogens with one attached hydrogen (secondary N) is 2. The number of likely N-dealkylation sites (N-methyl/N-ethyl adjacent to an activating group) is 1. The molecule has 0 aromatic carbocycles. The predicted molar refractivity (Wildman–Crippen MR) is 56.5 cm³/mol. The van der Waals surface area contributed by atoms with Crippen LogP contribution in [-0.4, -0.2) is 43.3 Å². The van der Waals surface area contributed by atoms with E-state index in [0.29, 0.717) is 5.70 Å². The van der Waals surface area contributed by atoms with Crippen LogP contribution in [0.3, 0.4) is 0 Å². The molecule has 3 radical (unpaired) electrons. The van der Waals surface area contributed by atoms with Crippen LogP contribution in [0.4, 0.5) is 0 Å². The van der Waals surface area contributed by atoms with Crippen molar-refractivity contribution in [2.75, 3.05) is 13.1 Å². The summed E-state index contributed by atoms with van der Waals surface area (Å²) in [6.45, 7) is 9.07. The Hall–Kier alpha value is -0.172. The molecule has 2 N–H and O–H groups in total. The maximum Gasteiger partial charge on any atom is 0.177 e. The summed E-state index contributed by atoms with van der Waals surface area (Å²) in [5.74, 6) is 0.0790. The van der Waals surface area contributed by atoms with E-state index in [0.717, 1.165) is 18.8 Å². The Morgan fingerprint density at radius 1 is 1.08 bits per heavy atom. The van der Waals surface area contributed by atoms with Gasteiger partial charge in [0.25, 0.3) is 0 Å². The van der Waals surface area contributed by atoms with E-state index < -0.39 is 0 Å². The van der Waals surface area contributed by atoms with Gasteiger partial charge in [-0.1, -0.05) is 0 Å². The molecule has 0 saturated heterocycles. The number of rotatable bonds is 5. The van der Waals surface area contributed by atoms with Gasteiger partial charge in [0.15, 0.2) is 5.78 Å². The Kier molecular flexibility index (Phi) is 9.92. The van der Waals surface area contributed by atoms with Crippen LogP contribution in [0.1, 0.15) is 27.7 Å². The first-order valence-corrected chi connectivity index (χ1v) is 4.33. The zero-order chi connectivity index (χ0) is 9.56. The molecule has 13 heavy (non-hydrogen) atoms.